The number of halogens is 1. The maximum absolute atomic E-state index is 6.02. The van der Waals surface area contributed by atoms with Crippen LogP contribution < -0.4 is 10.6 Å². The van der Waals surface area contributed by atoms with Crippen LogP contribution in [0.3, 0.4) is 0 Å². The fourth-order valence-electron chi connectivity index (χ4n) is 2.29. The van der Waals surface area contributed by atoms with Crippen molar-refractivity contribution in [1.82, 2.24) is 4.98 Å². The molecule has 0 fully saturated rings. The van der Waals surface area contributed by atoms with Crippen LogP contribution in [-0.4, -0.2) is 12.0 Å². The van der Waals surface area contributed by atoms with Gasteiger partial charge >= 0.3 is 0 Å². The summed E-state index contributed by atoms with van der Waals surface area (Å²) in [5.74, 6) is 0. The molecule has 102 valence electrons. The number of aromatic nitrogens is 1. The molecule has 0 amide bonds. The lowest BCUT2D eigenvalue weighted by Crippen LogP contribution is -2.16. The van der Waals surface area contributed by atoms with E-state index in [1.807, 2.05) is 30.5 Å². The van der Waals surface area contributed by atoms with E-state index in [0.717, 1.165) is 33.0 Å². The van der Waals surface area contributed by atoms with Gasteiger partial charge in [0.25, 0.3) is 0 Å². The van der Waals surface area contributed by atoms with Gasteiger partial charge in [-0.15, -0.1) is 11.3 Å². The summed E-state index contributed by atoms with van der Waals surface area (Å²) in [4.78, 5) is 7.62. The average Bonchev–Trinajstić information content (AvgIpc) is 2.84. The summed E-state index contributed by atoms with van der Waals surface area (Å²) in [6.45, 7) is 0.811. The highest BCUT2D eigenvalue weighted by Gasteiger charge is 2.10. The summed E-state index contributed by atoms with van der Waals surface area (Å²) in [7, 11) is 2.06. The smallest absolute Gasteiger partial charge is 0.0931 e. The number of thiophene rings is 1. The number of nitrogens with zero attached hydrogens (tertiary/aromatic N) is 2. The van der Waals surface area contributed by atoms with Gasteiger partial charge in [-0.3, -0.25) is 4.98 Å². The second kappa shape index (κ2) is 5.31. The van der Waals surface area contributed by atoms with E-state index in [9.17, 15) is 0 Å². The molecule has 3 nitrogen and oxygen atoms in total. The Balaban J connectivity index is 1.99. The summed E-state index contributed by atoms with van der Waals surface area (Å²) in [6.07, 6.45) is 3.63. The van der Waals surface area contributed by atoms with Gasteiger partial charge in [-0.2, -0.15) is 0 Å². The molecule has 0 saturated carbocycles. The quantitative estimate of drug-likeness (QED) is 0.738. The van der Waals surface area contributed by atoms with Gasteiger partial charge in [0.2, 0.25) is 0 Å². The molecule has 0 unspecified atom stereocenters. The fraction of sp³-hybridized carbons (Fsp3) is 0.133. The minimum atomic E-state index is 0.777. The molecule has 0 aliphatic carbocycles. The van der Waals surface area contributed by atoms with E-state index in [2.05, 4.69) is 23.0 Å². The van der Waals surface area contributed by atoms with Crippen molar-refractivity contribution in [3.8, 4) is 0 Å². The minimum Gasteiger partial charge on any atom is -0.398 e. The number of hydrogen-bond donors (Lipinski definition) is 1. The first-order valence-electron chi connectivity index (χ1n) is 6.22. The van der Waals surface area contributed by atoms with Gasteiger partial charge in [0, 0.05) is 46.5 Å². The zero-order chi connectivity index (χ0) is 14.1. The zero-order valence-corrected chi connectivity index (χ0v) is 12.6. The zero-order valence-electron chi connectivity index (χ0n) is 11.0. The number of hydrogen-bond acceptors (Lipinski definition) is 4. The van der Waals surface area contributed by atoms with Gasteiger partial charge < -0.3 is 10.6 Å². The Hall–Kier alpha value is -1.78. The van der Waals surface area contributed by atoms with E-state index in [0.29, 0.717) is 0 Å². The van der Waals surface area contributed by atoms with E-state index in [1.165, 1.54) is 4.88 Å². The third kappa shape index (κ3) is 2.44. The highest BCUT2D eigenvalue weighted by molar-refractivity contribution is 7.16. The highest BCUT2D eigenvalue weighted by Crippen LogP contribution is 2.31. The number of anilines is 2. The normalized spacial score (nSPS) is 10.9. The molecule has 0 bridgehead atoms. The first-order valence-corrected chi connectivity index (χ1v) is 7.42. The Morgan fingerprint density at radius 3 is 2.80 bits per heavy atom. The summed E-state index contributed by atoms with van der Waals surface area (Å²) < 4.78 is 0.817. The van der Waals surface area contributed by atoms with Crippen molar-refractivity contribution in [3.63, 3.8) is 0 Å². The first-order chi connectivity index (χ1) is 9.65. The monoisotopic (exact) mass is 303 g/mol. The Kier molecular flexibility index (Phi) is 3.51. The van der Waals surface area contributed by atoms with Crippen LogP contribution >= 0.6 is 22.9 Å². The molecule has 2 aromatic heterocycles. The van der Waals surface area contributed by atoms with Gasteiger partial charge in [-0.25, -0.2) is 0 Å². The number of fused-ring (bicyclic) bond motifs is 1. The van der Waals surface area contributed by atoms with E-state index in [-0.39, 0.29) is 0 Å². The Labute approximate surface area is 126 Å². The molecular weight excluding hydrogens is 290 g/mol. The fourth-order valence-corrected chi connectivity index (χ4v) is 3.43. The third-order valence-electron chi connectivity index (χ3n) is 3.26. The summed E-state index contributed by atoms with van der Waals surface area (Å²) in [5, 5.41) is 2.10. The maximum Gasteiger partial charge on any atom is 0.0931 e. The molecule has 3 aromatic rings. The topological polar surface area (TPSA) is 42.1 Å². The SMILES string of the molecule is CN(Cc1ccc(Cl)s1)c1ccc(N)c2ccncc12. The van der Waals surface area contributed by atoms with Crippen molar-refractivity contribution in [2.75, 3.05) is 17.7 Å². The number of nitrogen functional groups attached to an aromatic ring is 1. The minimum absolute atomic E-state index is 0.777. The number of nitrogens with two attached hydrogens (primary N) is 1. The molecule has 5 heteroatoms. The molecule has 3 rings (SSSR count). The standard InChI is InChI=1S/C15H14ClN3S/c1-19(9-10-2-5-15(16)20-10)14-4-3-13(17)11-6-7-18-8-12(11)14/h2-8H,9,17H2,1H3. The van der Waals surface area contributed by atoms with Gasteiger partial charge in [0.1, 0.15) is 0 Å². The van der Waals surface area contributed by atoms with Crippen LogP contribution in [0.15, 0.2) is 42.7 Å². The van der Waals surface area contributed by atoms with Gasteiger partial charge in [0.05, 0.1) is 10.9 Å². The van der Waals surface area contributed by atoms with E-state index >= 15 is 0 Å². The van der Waals surface area contributed by atoms with E-state index in [4.69, 9.17) is 17.3 Å². The lowest BCUT2D eigenvalue weighted by atomic mass is 10.1. The van der Waals surface area contributed by atoms with Crippen LogP contribution in [-0.2, 0) is 6.54 Å². The summed E-state index contributed by atoms with van der Waals surface area (Å²) in [6, 6.07) is 9.91. The lowest BCUT2D eigenvalue weighted by molar-refractivity contribution is 0.945. The number of benzene rings is 1. The van der Waals surface area contributed by atoms with Gasteiger partial charge in [-0.05, 0) is 30.3 Å². The van der Waals surface area contributed by atoms with Crippen molar-refractivity contribution in [2.45, 2.75) is 6.54 Å². The maximum atomic E-state index is 6.02. The van der Waals surface area contributed by atoms with Crippen LogP contribution in [0.1, 0.15) is 4.88 Å². The molecule has 0 atom stereocenters. The second-order valence-electron chi connectivity index (χ2n) is 4.66. The summed E-state index contributed by atoms with van der Waals surface area (Å²) >= 11 is 7.58. The molecule has 1 aromatic carbocycles. The Morgan fingerprint density at radius 2 is 2.05 bits per heavy atom. The van der Waals surface area contributed by atoms with Crippen LogP contribution in [0, 0.1) is 0 Å². The molecule has 2 N–H and O–H groups in total. The molecule has 0 aliphatic rings. The van der Waals surface area contributed by atoms with Crippen molar-refractivity contribution in [2.24, 2.45) is 0 Å². The van der Waals surface area contributed by atoms with Crippen LogP contribution in [0.2, 0.25) is 4.34 Å². The third-order valence-corrected chi connectivity index (χ3v) is 4.48. The molecule has 0 aliphatic heterocycles. The van der Waals surface area contributed by atoms with Gasteiger partial charge in [0.15, 0.2) is 0 Å². The first kappa shape index (κ1) is 13.2. The Bertz CT molecular complexity index is 754. The second-order valence-corrected chi connectivity index (χ2v) is 6.46. The summed E-state index contributed by atoms with van der Waals surface area (Å²) in [5.41, 5.74) is 7.91. The molecule has 0 saturated heterocycles. The predicted molar refractivity (Wildman–Crippen MR) is 87.6 cm³/mol. The van der Waals surface area contributed by atoms with Crippen molar-refractivity contribution >= 4 is 45.1 Å². The highest BCUT2D eigenvalue weighted by atomic mass is 35.5. The molecule has 2 heterocycles. The average molecular weight is 304 g/mol. The number of pyridine rings is 1. The van der Waals surface area contributed by atoms with Crippen molar-refractivity contribution in [3.05, 3.63) is 51.9 Å². The predicted octanol–water partition coefficient (Wildman–Crippen LogP) is 4.17. The molecule has 20 heavy (non-hydrogen) atoms. The lowest BCUT2D eigenvalue weighted by Gasteiger charge is -2.21. The van der Waals surface area contributed by atoms with Crippen LogP contribution in [0.25, 0.3) is 10.8 Å². The molecule has 0 radical (unpaired) electrons. The molecule has 0 spiro atoms. The van der Waals surface area contributed by atoms with Crippen molar-refractivity contribution < 1.29 is 0 Å². The van der Waals surface area contributed by atoms with Crippen LogP contribution in [0.5, 0.6) is 0 Å². The molecular formula is C15H14ClN3S. The van der Waals surface area contributed by atoms with Crippen molar-refractivity contribution in [1.29, 1.82) is 0 Å². The number of rotatable bonds is 3. The van der Waals surface area contributed by atoms with Crippen LogP contribution in [0.4, 0.5) is 11.4 Å². The van der Waals surface area contributed by atoms with Gasteiger partial charge in [-0.1, -0.05) is 11.6 Å². The Morgan fingerprint density at radius 1 is 1.20 bits per heavy atom. The van der Waals surface area contributed by atoms with E-state index in [1.54, 1.807) is 17.5 Å². The van der Waals surface area contributed by atoms with E-state index < -0.39 is 0 Å². The largest absolute Gasteiger partial charge is 0.398 e.